The van der Waals surface area contributed by atoms with Crippen LogP contribution in [0.15, 0.2) is 18.2 Å². The van der Waals surface area contributed by atoms with Crippen LogP contribution in [0.3, 0.4) is 0 Å². The van der Waals surface area contributed by atoms with Crippen LogP contribution in [0, 0.1) is 0 Å². The molecule has 0 heterocycles. The van der Waals surface area contributed by atoms with Gasteiger partial charge in [0.15, 0.2) is 11.5 Å². The largest absolute Gasteiger partial charge is 0.493 e. The molecular formula is C16H27NO3. The van der Waals surface area contributed by atoms with E-state index in [9.17, 15) is 0 Å². The van der Waals surface area contributed by atoms with Crippen molar-refractivity contribution in [2.75, 3.05) is 33.5 Å². The van der Waals surface area contributed by atoms with E-state index in [4.69, 9.17) is 14.2 Å². The van der Waals surface area contributed by atoms with Crippen LogP contribution in [-0.2, 0) is 11.3 Å². The topological polar surface area (TPSA) is 39.7 Å². The highest BCUT2D eigenvalue weighted by molar-refractivity contribution is 5.46. The molecule has 1 rings (SSSR count). The summed E-state index contributed by atoms with van der Waals surface area (Å²) in [5.74, 6) is 1.63. The Morgan fingerprint density at radius 1 is 1.15 bits per heavy atom. The molecule has 0 amide bonds. The maximum atomic E-state index is 5.57. The first-order chi connectivity index (χ1) is 9.83. The molecular weight excluding hydrogens is 254 g/mol. The van der Waals surface area contributed by atoms with Gasteiger partial charge in [0.2, 0.25) is 0 Å². The first-order valence-corrected chi connectivity index (χ1v) is 7.40. The second-order valence-electron chi connectivity index (χ2n) is 4.52. The van der Waals surface area contributed by atoms with Gasteiger partial charge in [-0.25, -0.2) is 0 Å². The van der Waals surface area contributed by atoms with E-state index >= 15 is 0 Å². The van der Waals surface area contributed by atoms with Crippen LogP contribution < -0.4 is 14.8 Å². The maximum Gasteiger partial charge on any atom is 0.165 e. The highest BCUT2D eigenvalue weighted by atomic mass is 16.5. The van der Waals surface area contributed by atoms with E-state index in [1.54, 1.807) is 7.11 Å². The van der Waals surface area contributed by atoms with E-state index in [1.165, 1.54) is 0 Å². The Kier molecular flexibility index (Phi) is 8.83. The third-order valence-electron chi connectivity index (χ3n) is 2.87. The summed E-state index contributed by atoms with van der Waals surface area (Å²) in [6.45, 7) is 8.11. The van der Waals surface area contributed by atoms with Crippen LogP contribution in [0.1, 0.15) is 32.3 Å². The van der Waals surface area contributed by atoms with Crippen molar-refractivity contribution in [2.24, 2.45) is 0 Å². The lowest BCUT2D eigenvalue weighted by Gasteiger charge is -2.14. The molecule has 0 aromatic heterocycles. The molecule has 0 saturated carbocycles. The first kappa shape index (κ1) is 16.8. The number of ether oxygens (including phenoxy) is 3. The lowest BCUT2D eigenvalue weighted by atomic mass is 10.2. The maximum absolute atomic E-state index is 5.57. The van der Waals surface area contributed by atoms with Crippen molar-refractivity contribution in [3.8, 4) is 11.5 Å². The van der Waals surface area contributed by atoms with Crippen molar-refractivity contribution in [3.63, 3.8) is 0 Å². The minimum absolute atomic E-state index is 0.641. The van der Waals surface area contributed by atoms with Crippen molar-refractivity contribution in [1.29, 1.82) is 0 Å². The summed E-state index contributed by atoms with van der Waals surface area (Å²) < 4.78 is 16.5. The molecule has 0 aliphatic rings. The molecule has 0 spiro atoms. The molecule has 4 nitrogen and oxygen atoms in total. The van der Waals surface area contributed by atoms with E-state index in [1.807, 2.05) is 19.1 Å². The van der Waals surface area contributed by atoms with Crippen LogP contribution in [0.25, 0.3) is 0 Å². The SMILES string of the molecule is CCCOCCCNCc1cccc(OCC)c1OC. The van der Waals surface area contributed by atoms with Crippen molar-refractivity contribution in [1.82, 2.24) is 5.32 Å². The van der Waals surface area contributed by atoms with E-state index in [0.717, 1.165) is 56.2 Å². The fraction of sp³-hybridized carbons (Fsp3) is 0.625. The minimum Gasteiger partial charge on any atom is -0.493 e. The molecule has 0 unspecified atom stereocenters. The Bertz CT molecular complexity index is 369. The molecule has 1 N–H and O–H groups in total. The molecule has 0 aliphatic heterocycles. The molecule has 1 aromatic rings. The van der Waals surface area contributed by atoms with E-state index in [2.05, 4.69) is 18.3 Å². The number of rotatable bonds is 11. The van der Waals surface area contributed by atoms with Gasteiger partial charge in [0.1, 0.15) is 0 Å². The van der Waals surface area contributed by atoms with Crippen molar-refractivity contribution < 1.29 is 14.2 Å². The second-order valence-corrected chi connectivity index (χ2v) is 4.52. The summed E-state index contributed by atoms with van der Waals surface area (Å²) in [6.07, 6.45) is 2.10. The zero-order chi connectivity index (χ0) is 14.6. The van der Waals surface area contributed by atoms with Crippen LogP contribution >= 0.6 is 0 Å². The second kappa shape index (κ2) is 10.5. The Morgan fingerprint density at radius 2 is 2.00 bits per heavy atom. The Balaban J connectivity index is 2.37. The zero-order valence-corrected chi connectivity index (χ0v) is 12.9. The van der Waals surface area contributed by atoms with Crippen molar-refractivity contribution >= 4 is 0 Å². The number of hydrogen-bond donors (Lipinski definition) is 1. The van der Waals surface area contributed by atoms with Gasteiger partial charge in [0.05, 0.1) is 13.7 Å². The van der Waals surface area contributed by atoms with Gasteiger partial charge >= 0.3 is 0 Å². The molecule has 20 heavy (non-hydrogen) atoms. The summed E-state index contributed by atoms with van der Waals surface area (Å²) in [4.78, 5) is 0. The number of nitrogens with one attached hydrogen (secondary N) is 1. The molecule has 0 radical (unpaired) electrons. The molecule has 0 fully saturated rings. The Morgan fingerprint density at radius 3 is 2.70 bits per heavy atom. The quantitative estimate of drug-likeness (QED) is 0.633. The predicted octanol–water partition coefficient (Wildman–Crippen LogP) is 3.00. The van der Waals surface area contributed by atoms with Gasteiger partial charge < -0.3 is 19.5 Å². The monoisotopic (exact) mass is 281 g/mol. The lowest BCUT2D eigenvalue weighted by Crippen LogP contribution is -2.17. The van der Waals surface area contributed by atoms with Crippen LogP contribution in [0.4, 0.5) is 0 Å². The molecule has 1 aromatic carbocycles. The van der Waals surface area contributed by atoms with Gasteiger partial charge in [-0.1, -0.05) is 19.1 Å². The highest BCUT2D eigenvalue weighted by Crippen LogP contribution is 2.30. The lowest BCUT2D eigenvalue weighted by molar-refractivity contribution is 0.132. The Labute approximate surface area is 122 Å². The molecule has 0 bridgehead atoms. The smallest absolute Gasteiger partial charge is 0.165 e. The molecule has 114 valence electrons. The number of hydrogen-bond acceptors (Lipinski definition) is 4. The summed E-state index contributed by atoms with van der Waals surface area (Å²) in [7, 11) is 1.68. The number of para-hydroxylation sites is 1. The number of methoxy groups -OCH3 is 1. The van der Waals surface area contributed by atoms with Gasteiger partial charge in [-0.3, -0.25) is 0 Å². The average Bonchev–Trinajstić information content (AvgIpc) is 2.47. The minimum atomic E-state index is 0.641. The van der Waals surface area contributed by atoms with Crippen molar-refractivity contribution in [3.05, 3.63) is 23.8 Å². The fourth-order valence-electron chi connectivity index (χ4n) is 1.97. The van der Waals surface area contributed by atoms with Crippen LogP contribution in [-0.4, -0.2) is 33.5 Å². The number of benzene rings is 1. The van der Waals surface area contributed by atoms with E-state index in [-0.39, 0.29) is 0 Å². The van der Waals surface area contributed by atoms with Gasteiger partial charge in [0, 0.05) is 25.3 Å². The summed E-state index contributed by atoms with van der Waals surface area (Å²) in [6, 6.07) is 5.99. The third-order valence-corrected chi connectivity index (χ3v) is 2.87. The summed E-state index contributed by atoms with van der Waals surface area (Å²) in [5, 5.41) is 3.41. The average molecular weight is 281 g/mol. The molecule has 4 heteroatoms. The van der Waals surface area contributed by atoms with Gasteiger partial charge in [-0.2, -0.15) is 0 Å². The summed E-state index contributed by atoms with van der Waals surface area (Å²) in [5.41, 5.74) is 1.12. The molecule has 0 atom stereocenters. The van der Waals surface area contributed by atoms with Gasteiger partial charge in [-0.15, -0.1) is 0 Å². The van der Waals surface area contributed by atoms with Crippen LogP contribution in [0.5, 0.6) is 11.5 Å². The Hall–Kier alpha value is -1.26. The molecule has 0 aliphatic carbocycles. The van der Waals surface area contributed by atoms with Gasteiger partial charge in [0.25, 0.3) is 0 Å². The predicted molar refractivity (Wildman–Crippen MR) is 81.6 cm³/mol. The first-order valence-electron chi connectivity index (χ1n) is 7.40. The standard InChI is InChI=1S/C16H27NO3/c1-4-11-19-12-7-10-17-13-14-8-6-9-15(20-5-2)16(14)18-3/h6,8-9,17H,4-5,7,10-13H2,1-3H3. The molecule has 0 saturated heterocycles. The van der Waals surface area contributed by atoms with E-state index in [0.29, 0.717) is 6.61 Å². The van der Waals surface area contributed by atoms with Crippen LogP contribution in [0.2, 0.25) is 0 Å². The normalized spacial score (nSPS) is 10.6. The van der Waals surface area contributed by atoms with Gasteiger partial charge in [-0.05, 0) is 32.4 Å². The summed E-state index contributed by atoms with van der Waals surface area (Å²) >= 11 is 0. The third kappa shape index (κ3) is 5.80. The van der Waals surface area contributed by atoms with E-state index < -0.39 is 0 Å². The highest BCUT2D eigenvalue weighted by Gasteiger charge is 2.09. The van der Waals surface area contributed by atoms with Crippen molar-refractivity contribution in [2.45, 2.75) is 33.2 Å². The zero-order valence-electron chi connectivity index (χ0n) is 12.9. The fourth-order valence-corrected chi connectivity index (χ4v) is 1.97.